The van der Waals surface area contributed by atoms with Gasteiger partial charge in [0.05, 0.1) is 5.56 Å². The van der Waals surface area contributed by atoms with E-state index < -0.39 is 12.1 Å². The van der Waals surface area contributed by atoms with Gasteiger partial charge in [-0.3, -0.25) is 4.79 Å². The molecular weight excluding hydrogens is 288 g/mol. The first-order valence-electron chi connectivity index (χ1n) is 7.70. The molecule has 3 nitrogen and oxygen atoms in total. The summed E-state index contributed by atoms with van der Waals surface area (Å²) in [6.07, 6.45) is -0.815. The van der Waals surface area contributed by atoms with Crippen LogP contribution in [0.1, 0.15) is 49.9 Å². The Morgan fingerprint density at radius 2 is 1.61 bits per heavy atom. The minimum Gasteiger partial charge on any atom is -0.451 e. The van der Waals surface area contributed by atoms with Gasteiger partial charge >= 0.3 is 5.97 Å². The van der Waals surface area contributed by atoms with Crippen molar-refractivity contribution in [2.24, 2.45) is 0 Å². The Hall–Kier alpha value is -2.42. The molecule has 23 heavy (non-hydrogen) atoms. The largest absolute Gasteiger partial charge is 0.451 e. The average molecular weight is 310 g/mol. The van der Waals surface area contributed by atoms with Crippen molar-refractivity contribution < 1.29 is 14.3 Å². The van der Waals surface area contributed by atoms with E-state index >= 15 is 0 Å². The lowest BCUT2D eigenvalue weighted by atomic mass is 10.0. The molecule has 0 radical (unpaired) electrons. The van der Waals surface area contributed by atoms with Crippen LogP contribution in [0.5, 0.6) is 0 Å². The Morgan fingerprint density at radius 3 is 2.26 bits per heavy atom. The van der Waals surface area contributed by atoms with Crippen LogP contribution in [0.15, 0.2) is 36.4 Å². The summed E-state index contributed by atoms with van der Waals surface area (Å²) in [6, 6.07) is 11.0. The number of carbonyl (C=O) groups excluding carboxylic acids is 2. The predicted octanol–water partition coefficient (Wildman–Crippen LogP) is 4.35. The zero-order valence-electron chi connectivity index (χ0n) is 14.3. The van der Waals surface area contributed by atoms with E-state index in [1.54, 1.807) is 19.1 Å². The number of esters is 1. The topological polar surface area (TPSA) is 43.4 Å². The number of rotatable bonds is 4. The molecule has 0 aliphatic rings. The molecule has 0 saturated carbocycles. The molecule has 0 saturated heterocycles. The summed E-state index contributed by atoms with van der Waals surface area (Å²) < 4.78 is 5.37. The van der Waals surface area contributed by atoms with E-state index in [1.807, 2.05) is 52.0 Å². The number of hydrogen-bond donors (Lipinski definition) is 0. The second-order valence-electron chi connectivity index (χ2n) is 5.96. The third-order valence-electron chi connectivity index (χ3n) is 4.27. The Kier molecular flexibility index (Phi) is 4.99. The zero-order chi connectivity index (χ0) is 17.1. The molecule has 0 fully saturated rings. The maximum Gasteiger partial charge on any atom is 0.339 e. The number of ether oxygens (including phenoxy) is 1. The van der Waals surface area contributed by atoms with Gasteiger partial charge in [0.25, 0.3) is 0 Å². The molecule has 0 aromatic heterocycles. The number of hydrogen-bond acceptors (Lipinski definition) is 3. The van der Waals surface area contributed by atoms with Crippen molar-refractivity contribution in [1.82, 2.24) is 0 Å². The lowest BCUT2D eigenvalue weighted by Crippen LogP contribution is -2.25. The Labute approximate surface area is 137 Å². The molecule has 0 aliphatic carbocycles. The Bertz CT molecular complexity index is 759. The van der Waals surface area contributed by atoms with Crippen LogP contribution in [0.3, 0.4) is 0 Å². The van der Waals surface area contributed by atoms with Gasteiger partial charge in [0.2, 0.25) is 5.78 Å². The van der Waals surface area contributed by atoms with E-state index in [1.165, 1.54) is 0 Å². The lowest BCUT2D eigenvalue weighted by Gasteiger charge is -2.14. The van der Waals surface area contributed by atoms with Crippen LogP contribution in [0.4, 0.5) is 0 Å². The molecule has 1 atom stereocenters. The molecule has 0 bridgehead atoms. The molecule has 0 spiro atoms. The maximum absolute atomic E-state index is 12.4. The van der Waals surface area contributed by atoms with Crippen LogP contribution in [-0.2, 0) is 4.74 Å². The van der Waals surface area contributed by atoms with Gasteiger partial charge in [-0.1, -0.05) is 24.3 Å². The summed E-state index contributed by atoms with van der Waals surface area (Å²) in [5, 5.41) is 0. The molecule has 3 heteroatoms. The predicted molar refractivity (Wildman–Crippen MR) is 91.0 cm³/mol. The van der Waals surface area contributed by atoms with Crippen LogP contribution >= 0.6 is 0 Å². The van der Waals surface area contributed by atoms with Crippen LogP contribution in [0.25, 0.3) is 0 Å². The van der Waals surface area contributed by atoms with Crippen molar-refractivity contribution in [1.29, 1.82) is 0 Å². The Balaban J connectivity index is 2.16. The fourth-order valence-corrected chi connectivity index (χ4v) is 2.38. The summed E-state index contributed by atoms with van der Waals surface area (Å²) in [6.45, 7) is 9.38. The molecule has 2 aromatic rings. The average Bonchev–Trinajstić information content (AvgIpc) is 2.51. The van der Waals surface area contributed by atoms with Crippen LogP contribution < -0.4 is 0 Å². The summed E-state index contributed by atoms with van der Waals surface area (Å²) in [7, 11) is 0. The minimum atomic E-state index is -0.815. The van der Waals surface area contributed by atoms with Crippen LogP contribution in [0.2, 0.25) is 0 Å². The highest BCUT2D eigenvalue weighted by atomic mass is 16.5. The smallest absolute Gasteiger partial charge is 0.339 e. The van der Waals surface area contributed by atoms with Crippen molar-refractivity contribution in [3.8, 4) is 0 Å². The molecule has 0 N–H and O–H groups in total. The van der Waals surface area contributed by atoms with Gasteiger partial charge in [0.15, 0.2) is 6.10 Å². The molecule has 2 aromatic carbocycles. The van der Waals surface area contributed by atoms with Gasteiger partial charge < -0.3 is 4.74 Å². The lowest BCUT2D eigenvalue weighted by molar-refractivity contribution is 0.0318. The van der Waals surface area contributed by atoms with Gasteiger partial charge in [0, 0.05) is 5.56 Å². The molecule has 0 aliphatic heterocycles. The van der Waals surface area contributed by atoms with E-state index in [4.69, 9.17) is 4.74 Å². The molecular formula is C20H22O3. The summed E-state index contributed by atoms with van der Waals surface area (Å²) in [5.74, 6) is -0.650. The molecule has 0 heterocycles. The molecule has 120 valence electrons. The van der Waals surface area contributed by atoms with E-state index in [2.05, 4.69) is 0 Å². The number of benzene rings is 2. The van der Waals surface area contributed by atoms with Crippen LogP contribution in [-0.4, -0.2) is 17.9 Å². The molecule has 0 unspecified atom stereocenters. The number of Topliss-reactive ketones (excluding diaryl/α,β-unsaturated/α-hetero) is 1. The summed E-state index contributed by atoms with van der Waals surface area (Å²) in [4.78, 5) is 24.8. The van der Waals surface area contributed by atoms with Crippen molar-refractivity contribution in [2.45, 2.75) is 40.7 Å². The highest BCUT2D eigenvalue weighted by molar-refractivity contribution is 6.01. The SMILES string of the molecule is Cc1ccc(C(=O)[C@H](C)OC(=O)c2cccc(C)c2C)cc1C. The van der Waals surface area contributed by atoms with Gasteiger partial charge in [-0.25, -0.2) is 4.79 Å². The molecule has 0 amide bonds. The minimum absolute atomic E-state index is 0.188. The van der Waals surface area contributed by atoms with Gasteiger partial charge in [-0.15, -0.1) is 0 Å². The van der Waals surface area contributed by atoms with Gasteiger partial charge in [-0.2, -0.15) is 0 Å². The van der Waals surface area contributed by atoms with Crippen molar-refractivity contribution in [2.75, 3.05) is 0 Å². The van der Waals surface area contributed by atoms with Crippen LogP contribution in [0, 0.1) is 27.7 Å². The van der Waals surface area contributed by atoms with Crippen molar-refractivity contribution >= 4 is 11.8 Å². The first-order chi connectivity index (χ1) is 10.8. The van der Waals surface area contributed by atoms with Crippen molar-refractivity contribution in [3.05, 3.63) is 69.8 Å². The zero-order valence-corrected chi connectivity index (χ0v) is 14.3. The highest BCUT2D eigenvalue weighted by Crippen LogP contribution is 2.17. The third kappa shape index (κ3) is 3.67. The van der Waals surface area contributed by atoms with E-state index in [9.17, 15) is 9.59 Å². The summed E-state index contributed by atoms with van der Waals surface area (Å²) in [5.41, 5.74) is 5.14. The first kappa shape index (κ1) is 16.9. The quantitative estimate of drug-likeness (QED) is 0.623. The Morgan fingerprint density at radius 1 is 0.913 bits per heavy atom. The first-order valence-corrected chi connectivity index (χ1v) is 7.70. The third-order valence-corrected chi connectivity index (χ3v) is 4.27. The second-order valence-corrected chi connectivity index (χ2v) is 5.96. The monoisotopic (exact) mass is 310 g/mol. The number of ketones is 1. The molecule has 2 rings (SSSR count). The number of aryl methyl sites for hydroxylation is 3. The fraction of sp³-hybridized carbons (Fsp3) is 0.300. The fourth-order valence-electron chi connectivity index (χ4n) is 2.38. The second kappa shape index (κ2) is 6.78. The van der Waals surface area contributed by atoms with Gasteiger partial charge in [-0.05, 0) is 69.0 Å². The highest BCUT2D eigenvalue weighted by Gasteiger charge is 2.21. The van der Waals surface area contributed by atoms with E-state index in [-0.39, 0.29) is 5.78 Å². The van der Waals surface area contributed by atoms with Crippen molar-refractivity contribution in [3.63, 3.8) is 0 Å². The maximum atomic E-state index is 12.4. The normalized spacial score (nSPS) is 11.9. The van der Waals surface area contributed by atoms with E-state index in [0.29, 0.717) is 11.1 Å². The number of carbonyl (C=O) groups is 2. The van der Waals surface area contributed by atoms with E-state index in [0.717, 1.165) is 22.3 Å². The summed E-state index contributed by atoms with van der Waals surface area (Å²) >= 11 is 0. The standard InChI is InChI=1S/C20H22O3/c1-12-9-10-17(11-14(12)3)19(21)16(5)23-20(22)18-8-6-7-13(2)15(18)4/h6-11,16H,1-5H3/t16-/m0/s1. The van der Waals surface area contributed by atoms with Gasteiger partial charge in [0.1, 0.15) is 0 Å².